The molecule has 1 aromatic carbocycles. The lowest BCUT2D eigenvalue weighted by atomic mass is 10.1. The van der Waals surface area contributed by atoms with E-state index < -0.39 is 5.82 Å². The Morgan fingerprint density at radius 1 is 1.33 bits per heavy atom. The summed E-state index contributed by atoms with van der Waals surface area (Å²) < 4.78 is 13.2. The average Bonchev–Trinajstić information content (AvgIpc) is 2.23. The van der Waals surface area contributed by atoms with Gasteiger partial charge in [0.05, 0.1) is 5.02 Å². The molecule has 0 atom stereocenters. The molecule has 0 aromatic heterocycles. The Kier molecular flexibility index (Phi) is 2.91. The third-order valence-electron chi connectivity index (χ3n) is 2.59. The Morgan fingerprint density at radius 3 is 2.80 bits per heavy atom. The van der Waals surface area contributed by atoms with E-state index in [4.69, 9.17) is 17.0 Å². The van der Waals surface area contributed by atoms with Crippen molar-refractivity contribution in [2.24, 2.45) is 0 Å². The second-order valence-electron chi connectivity index (χ2n) is 3.65. The van der Waals surface area contributed by atoms with Crippen LogP contribution in [0.5, 0.6) is 0 Å². The maximum atomic E-state index is 13.2. The van der Waals surface area contributed by atoms with Crippen LogP contribution in [0.25, 0.3) is 0 Å². The number of halogens is 2. The number of rotatable bonds is 1. The molecule has 0 aliphatic carbocycles. The fourth-order valence-corrected chi connectivity index (χ4v) is 1.89. The van der Waals surface area contributed by atoms with Gasteiger partial charge >= 0.3 is 0 Å². The number of hydrogen-bond donors (Lipinski definition) is 1. The standard InChI is InChI=1S/C11H12ClFN2/c12-9-5-4-8(7-10(9)13)15-6-2-1-3-11(15)14/h4-5,7,14H,1-3,6H2. The van der Waals surface area contributed by atoms with Crippen LogP contribution in [0, 0.1) is 11.2 Å². The molecule has 1 heterocycles. The van der Waals surface area contributed by atoms with Crippen molar-refractivity contribution in [1.82, 2.24) is 0 Å². The zero-order valence-corrected chi connectivity index (χ0v) is 9.02. The van der Waals surface area contributed by atoms with Gasteiger partial charge in [-0.3, -0.25) is 5.41 Å². The van der Waals surface area contributed by atoms with Crippen molar-refractivity contribution >= 4 is 23.1 Å². The maximum Gasteiger partial charge on any atom is 0.143 e. The summed E-state index contributed by atoms with van der Waals surface area (Å²) in [6.07, 6.45) is 2.86. The molecule has 15 heavy (non-hydrogen) atoms. The Morgan fingerprint density at radius 2 is 2.13 bits per heavy atom. The largest absolute Gasteiger partial charge is 0.330 e. The van der Waals surface area contributed by atoms with Gasteiger partial charge in [-0.1, -0.05) is 11.6 Å². The van der Waals surface area contributed by atoms with E-state index in [2.05, 4.69) is 0 Å². The quantitative estimate of drug-likeness (QED) is 0.780. The molecule has 4 heteroatoms. The lowest BCUT2D eigenvalue weighted by Gasteiger charge is -2.29. The summed E-state index contributed by atoms with van der Waals surface area (Å²) in [5.41, 5.74) is 0.724. The predicted octanol–water partition coefficient (Wildman–Crippen LogP) is 3.45. The van der Waals surface area contributed by atoms with Crippen LogP contribution in [0.1, 0.15) is 19.3 Å². The van der Waals surface area contributed by atoms with Gasteiger partial charge < -0.3 is 4.90 Å². The highest BCUT2D eigenvalue weighted by atomic mass is 35.5. The first-order chi connectivity index (χ1) is 7.18. The van der Waals surface area contributed by atoms with Gasteiger partial charge in [0.25, 0.3) is 0 Å². The summed E-state index contributed by atoms with van der Waals surface area (Å²) in [4.78, 5) is 1.84. The Balaban J connectivity index is 2.28. The summed E-state index contributed by atoms with van der Waals surface area (Å²) in [5.74, 6) is 0.135. The van der Waals surface area contributed by atoms with E-state index in [1.807, 2.05) is 4.90 Å². The smallest absolute Gasteiger partial charge is 0.143 e. The molecule has 80 valence electrons. The van der Waals surface area contributed by atoms with Crippen LogP contribution in [0.3, 0.4) is 0 Å². The van der Waals surface area contributed by atoms with Gasteiger partial charge in [-0.05, 0) is 31.0 Å². The maximum absolute atomic E-state index is 13.2. The van der Waals surface area contributed by atoms with E-state index in [1.165, 1.54) is 12.1 Å². The van der Waals surface area contributed by atoms with Crippen LogP contribution < -0.4 is 4.90 Å². The van der Waals surface area contributed by atoms with Crippen molar-refractivity contribution < 1.29 is 4.39 Å². The number of nitrogens with one attached hydrogen (secondary N) is 1. The van der Waals surface area contributed by atoms with Crippen molar-refractivity contribution in [3.8, 4) is 0 Å². The second-order valence-corrected chi connectivity index (χ2v) is 4.06. The van der Waals surface area contributed by atoms with Crippen molar-refractivity contribution in [2.45, 2.75) is 19.3 Å². The SMILES string of the molecule is N=C1CCCCN1c1ccc(Cl)c(F)c1. The van der Waals surface area contributed by atoms with Crippen LogP contribution in [0.15, 0.2) is 18.2 Å². The van der Waals surface area contributed by atoms with E-state index >= 15 is 0 Å². The molecular weight excluding hydrogens is 215 g/mol. The number of benzene rings is 1. The summed E-state index contributed by atoms with van der Waals surface area (Å²) in [7, 11) is 0. The van der Waals surface area contributed by atoms with Crippen molar-refractivity contribution in [3.63, 3.8) is 0 Å². The van der Waals surface area contributed by atoms with Crippen molar-refractivity contribution in [2.75, 3.05) is 11.4 Å². The Labute approximate surface area is 93.2 Å². The van der Waals surface area contributed by atoms with Crippen LogP contribution in [0.4, 0.5) is 10.1 Å². The first-order valence-corrected chi connectivity index (χ1v) is 5.36. The normalized spacial score (nSPS) is 16.9. The van der Waals surface area contributed by atoms with E-state index in [0.29, 0.717) is 5.84 Å². The van der Waals surface area contributed by atoms with E-state index in [1.54, 1.807) is 6.07 Å². The molecule has 1 fully saturated rings. The molecule has 1 N–H and O–H groups in total. The lowest BCUT2D eigenvalue weighted by molar-refractivity contribution is 0.627. The molecule has 1 aromatic rings. The molecule has 2 rings (SSSR count). The fraction of sp³-hybridized carbons (Fsp3) is 0.364. The number of anilines is 1. The molecule has 1 saturated heterocycles. The van der Waals surface area contributed by atoms with Crippen molar-refractivity contribution in [3.05, 3.63) is 29.0 Å². The summed E-state index contributed by atoms with van der Waals surface area (Å²) in [6.45, 7) is 0.792. The topological polar surface area (TPSA) is 27.1 Å². The number of hydrogen-bond acceptors (Lipinski definition) is 1. The Bertz CT molecular complexity index is 392. The fourth-order valence-electron chi connectivity index (χ4n) is 1.77. The first kappa shape index (κ1) is 10.4. The summed E-state index contributed by atoms with van der Waals surface area (Å²) in [6, 6.07) is 4.68. The second kappa shape index (κ2) is 4.19. The molecule has 0 unspecified atom stereocenters. The highest BCUT2D eigenvalue weighted by Gasteiger charge is 2.17. The minimum absolute atomic E-state index is 0.127. The van der Waals surface area contributed by atoms with E-state index in [9.17, 15) is 4.39 Å². The molecule has 0 amide bonds. The van der Waals surface area contributed by atoms with Crippen LogP contribution in [0.2, 0.25) is 5.02 Å². The number of piperidine rings is 1. The third kappa shape index (κ3) is 2.12. The van der Waals surface area contributed by atoms with Gasteiger partial charge in [0.15, 0.2) is 0 Å². The van der Waals surface area contributed by atoms with E-state index in [-0.39, 0.29) is 5.02 Å². The molecule has 0 bridgehead atoms. The van der Waals surface area contributed by atoms with Gasteiger partial charge in [0.1, 0.15) is 11.7 Å². The molecule has 0 radical (unpaired) electrons. The molecule has 0 spiro atoms. The number of amidine groups is 1. The molecule has 1 aliphatic heterocycles. The van der Waals surface area contributed by atoms with Crippen molar-refractivity contribution in [1.29, 1.82) is 5.41 Å². The number of nitrogens with zero attached hydrogens (tertiary/aromatic N) is 1. The lowest BCUT2D eigenvalue weighted by Crippen LogP contribution is -2.34. The van der Waals surface area contributed by atoms with Crippen LogP contribution >= 0.6 is 11.6 Å². The summed E-state index contributed by atoms with van der Waals surface area (Å²) in [5, 5.41) is 7.91. The molecular formula is C11H12ClFN2. The van der Waals surface area contributed by atoms with Crippen LogP contribution in [-0.2, 0) is 0 Å². The summed E-state index contributed by atoms with van der Waals surface area (Å²) >= 11 is 5.61. The zero-order valence-electron chi connectivity index (χ0n) is 8.26. The minimum Gasteiger partial charge on any atom is -0.330 e. The van der Waals surface area contributed by atoms with Gasteiger partial charge in [0, 0.05) is 18.7 Å². The Hall–Kier alpha value is -1.09. The zero-order chi connectivity index (χ0) is 10.8. The molecule has 1 aliphatic rings. The highest BCUT2D eigenvalue weighted by molar-refractivity contribution is 6.30. The minimum atomic E-state index is -0.424. The van der Waals surface area contributed by atoms with Gasteiger partial charge in [0.2, 0.25) is 0 Å². The third-order valence-corrected chi connectivity index (χ3v) is 2.89. The predicted molar refractivity (Wildman–Crippen MR) is 60.3 cm³/mol. The van der Waals surface area contributed by atoms with Crippen LogP contribution in [-0.4, -0.2) is 12.4 Å². The van der Waals surface area contributed by atoms with Gasteiger partial charge in [-0.25, -0.2) is 4.39 Å². The highest BCUT2D eigenvalue weighted by Crippen LogP contribution is 2.25. The van der Waals surface area contributed by atoms with Gasteiger partial charge in [-0.2, -0.15) is 0 Å². The monoisotopic (exact) mass is 226 g/mol. The molecule has 2 nitrogen and oxygen atoms in total. The van der Waals surface area contributed by atoms with Gasteiger partial charge in [-0.15, -0.1) is 0 Å². The average molecular weight is 227 g/mol. The molecule has 0 saturated carbocycles. The first-order valence-electron chi connectivity index (χ1n) is 4.98. The van der Waals surface area contributed by atoms with E-state index in [0.717, 1.165) is 31.5 Å².